The fourth-order valence-corrected chi connectivity index (χ4v) is 1.36. The zero-order valence-corrected chi connectivity index (χ0v) is 8.78. The Kier molecular flexibility index (Phi) is 4.72. The van der Waals surface area contributed by atoms with Crippen LogP contribution in [0.2, 0.25) is 0 Å². The minimum Gasteiger partial charge on any atom is -0.298 e. The smallest absolute Gasteiger partial charge is 0.141 e. The maximum absolute atomic E-state index is 12.8. The summed E-state index contributed by atoms with van der Waals surface area (Å²) in [6, 6.07) is 3.57. The van der Waals surface area contributed by atoms with Gasteiger partial charge in [0.15, 0.2) is 0 Å². The molecular formula is C11H14FN3. The Labute approximate surface area is 89.2 Å². The van der Waals surface area contributed by atoms with Crippen molar-refractivity contribution in [3.63, 3.8) is 0 Å². The summed E-state index contributed by atoms with van der Waals surface area (Å²) in [5.74, 6) is -0.316. The van der Waals surface area contributed by atoms with E-state index in [1.165, 1.54) is 12.3 Å². The second-order valence-corrected chi connectivity index (χ2v) is 3.29. The molecule has 0 fully saturated rings. The molecule has 0 unspecified atom stereocenters. The van der Waals surface area contributed by atoms with E-state index in [0.29, 0.717) is 19.5 Å². The van der Waals surface area contributed by atoms with Crippen molar-refractivity contribution in [3.8, 4) is 6.07 Å². The van der Waals surface area contributed by atoms with Gasteiger partial charge in [-0.1, -0.05) is 6.92 Å². The summed E-state index contributed by atoms with van der Waals surface area (Å²) in [5.41, 5.74) is 0.842. The Bertz CT molecular complexity index is 346. The first-order valence-corrected chi connectivity index (χ1v) is 4.95. The molecule has 1 aromatic heterocycles. The van der Waals surface area contributed by atoms with Gasteiger partial charge in [-0.05, 0) is 18.2 Å². The lowest BCUT2D eigenvalue weighted by atomic mass is 10.2. The summed E-state index contributed by atoms with van der Waals surface area (Å²) >= 11 is 0. The minimum atomic E-state index is -0.316. The van der Waals surface area contributed by atoms with E-state index in [9.17, 15) is 4.39 Å². The molecule has 0 saturated carbocycles. The molecule has 3 nitrogen and oxygen atoms in total. The Morgan fingerprint density at radius 3 is 2.93 bits per heavy atom. The van der Waals surface area contributed by atoms with Gasteiger partial charge in [0.1, 0.15) is 5.82 Å². The zero-order valence-electron chi connectivity index (χ0n) is 8.78. The van der Waals surface area contributed by atoms with Gasteiger partial charge in [-0.25, -0.2) is 4.39 Å². The van der Waals surface area contributed by atoms with Crippen LogP contribution in [0.25, 0.3) is 0 Å². The molecule has 0 bridgehead atoms. The number of rotatable bonds is 5. The Hall–Kier alpha value is -1.47. The fraction of sp³-hybridized carbons (Fsp3) is 0.455. The van der Waals surface area contributed by atoms with Gasteiger partial charge in [-0.15, -0.1) is 0 Å². The number of halogens is 1. The molecule has 0 N–H and O–H groups in total. The van der Waals surface area contributed by atoms with Gasteiger partial charge < -0.3 is 0 Å². The number of hydrogen-bond donors (Lipinski definition) is 0. The van der Waals surface area contributed by atoms with Crippen molar-refractivity contribution < 1.29 is 4.39 Å². The van der Waals surface area contributed by atoms with Crippen molar-refractivity contribution in [2.45, 2.75) is 19.9 Å². The van der Waals surface area contributed by atoms with E-state index in [1.54, 1.807) is 6.20 Å². The second kappa shape index (κ2) is 6.10. The highest BCUT2D eigenvalue weighted by molar-refractivity contribution is 5.09. The van der Waals surface area contributed by atoms with Crippen LogP contribution in [0.1, 0.15) is 18.9 Å². The summed E-state index contributed by atoms with van der Waals surface area (Å²) in [4.78, 5) is 5.87. The number of hydrogen-bond acceptors (Lipinski definition) is 3. The van der Waals surface area contributed by atoms with Crippen LogP contribution in [0.5, 0.6) is 0 Å². The van der Waals surface area contributed by atoms with E-state index >= 15 is 0 Å². The van der Waals surface area contributed by atoms with E-state index in [2.05, 4.69) is 16.0 Å². The third-order valence-electron chi connectivity index (χ3n) is 2.15. The van der Waals surface area contributed by atoms with Gasteiger partial charge in [-0.3, -0.25) is 9.88 Å². The molecule has 1 aromatic rings. The summed E-state index contributed by atoms with van der Waals surface area (Å²) < 4.78 is 12.8. The lowest BCUT2D eigenvalue weighted by Crippen LogP contribution is -2.23. The van der Waals surface area contributed by atoms with Gasteiger partial charge in [0, 0.05) is 25.7 Å². The summed E-state index contributed by atoms with van der Waals surface area (Å²) in [5, 5.41) is 8.47. The molecule has 0 aliphatic carbocycles. The van der Waals surface area contributed by atoms with E-state index in [0.717, 1.165) is 12.1 Å². The van der Waals surface area contributed by atoms with Gasteiger partial charge in [0.25, 0.3) is 0 Å². The Balaban J connectivity index is 2.55. The molecule has 0 aliphatic heterocycles. The van der Waals surface area contributed by atoms with E-state index in [1.807, 2.05) is 6.92 Å². The average Bonchev–Trinajstić information content (AvgIpc) is 2.24. The molecule has 1 heterocycles. The zero-order chi connectivity index (χ0) is 11.1. The molecule has 0 spiro atoms. The molecule has 0 radical (unpaired) electrons. The van der Waals surface area contributed by atoms with Gasteiger partial charge in [0.2, 0.25) is 0 Å². The first kappa shape index (κ1) is 11.6. The SMILES string of the molecule is CCN(CCC#N)Cc1cncc(F)c1. The van der Waals surface area contributed by atoms with Crippen molar-refractivity contribution in [2.24, 2.45) is 0 Å². The predicted octanol–water partition coefficient (Wildman–Crippen LogP) is 1.96. The maximum Gasteiger partial charge on any atom is 0.141 e. The van der Waals surface area contributed by atoms with Crippen LogP contribution < -0.4 is 0 Å². The van der Waals surface area contributed by atoms with Crippen LogP contribution in [-0.2, 0) is 6.54 Å². The van der Waals surface area contributed by atoms with E-state index in [-0.39, 0.29) is 5.82 Å². The highest BCUT2D eigenvalue weighted by Crippen LogP contribution is 2.05. The van der Waals surface area contributed by atoms with Crippen LogP contribution in [-0.4, -0.2) is 23.0 Å². The molecule has 4 heteroatoms. The van der Waals surface area contributed by atoms with Crippen LogP contribution in [0.3, 0.4) is 0 Å². The quantitative estimate of drug-likeness (QED) is 0.741. The van der Waals surface area contributed by atoms with Crippen LogP contribution in [0.15, 0.2) is 18.5 Å². The number of nitriles is 1. The molecule has 0 aromatic carbocycles. The lowest BCUT2D eigenvalue weighted by molar-refractivity contribution is 0.286. The third-order valence-corrected chi connectivity index (χ3v) is 2.15. The number of nitrogens with zero attached hydrogens (tertiary/aromatic N) is 3. The van der Waals surface area contributed by atoms with Crippen molar-refractivity contribution >= 4 is 0 Å². The van der Waals surface area contributed by atoms with Crippen molar-refractivity contribution in [1.29, 1.82) is 5.26 Å². The topological polar surface area (TPSA) is 39.9 Å². The summed E-state index contributed by atoms with van der Waals surface area (Å²) in [7, 11) is 0. The first-order chi connectivity index (χ1) is 7.26. The molecular weight excluding hydrogens is 193 g/mol. The Morgan fingerprint density at radius 1 is 1.53 bits per heavy atom. The molecule has 0 saturated heterocycles. The molecule has 0 atom stereocenters. The van der Waals surface area contributed by atoms with Gasteiger partial charge in [-0.2, -0.15) is 5.26 Å². The molecule has 1 rings (SSSR count). The van der Waals surface area contributed by atoms with Crippen molar-refractivity contribution in [1.82, 2.24) is 9.88 Å². The predicted molar refractivity (Wildman–Crippen MR) is 55.4 cm³/mol. The monoisotopic (exact) mass is 207 g/mol. The van der Waals surface area contributed by atoms with E-state index in [4.69, 9.17) is 5.26 Å². The average molecular weight is 207 g/mol. The first-order valence-electron chi connectivity index (χ1n) is 4.95. The highest BCUT2D eigenvalue weighted by atomic mass is 19.1. The van der Waals surface area contributed by atoms with Crippen molar-refractivity contribution in [3.05, 3.63) is 29.8 Å². The lowest BCUT2D eigenvalue weighted by Gasteiger charge is -2.18. The number of pyridine rings is 1. The van der Waals surface area contributed by atoms with E-state index < -0.39 is 0 Å². The number of aromatic nitrogens is 1. The van der Waals surface area contributed by atoms with Crippen LogP contribution in [0.4, 0.5) is 4.39 Å². The van der Waals surface area contributed by atoms with Gasteiger partial charge in [0.05, 0.1) is 12.3 Å². The molecule has 80 valence electrons. The minimum absolute atomic E-state index is 0.316. The molecule has 15 heavy (non-hydrogen) atoms. The fourth-order valence-electron chi connectivity index (χ4n) is 1.36. The van der Waals surface area contributed by atoms with Crippen LogP contribution in [0, 0.1) is 17.1 Å². The second-order valence-electron chi connectivity index (χ2n) is 3.29. The largest absolute Gasteiger partial charge is 0.298 e. The summed E-state index contributed by atoms with van der Waals surface area (Å²) in [6.07, 6.45) is 3.34. The highest BCUT2D eigenvalue weighted by Gasteiger charge is 2.04. The summed E-state index contributed by atoms with van der Waals surface area (Å²) in [6.45, 7) is 4.22. The third kappa shape index (κ3) is 4.05. The van der Waals surface area contributed by atoms with Gasteiger partial charge >= 0.3 is 0 Å². The van der Waals surface area contributed by atoms with Crippen LogP contribution >= 0.6 is 0 Å². The maximum atomic E-state index is 12.8. The van der Waals surface area contributed by atoms with Crippen molar-refractivity contribution in [2.75, 3.05) is 13.1 Å². The Morgan fingerprint density at radius 2 is 2.33 bits per heavy atom. The standard InChI is InChI=1S/C11H14FN3/c1-2-15(5-3-4-13)9-10-6-11(12)8-14-7-10/h6-8H,2-3,5,9H2,1H3. The molecule has 0 amide bonds. The molecule has 0 aliphatic rings. The normalized spacial score (nSPS) is 10.3.